The standard InChI is InChI=1S/C19H17N3OS3/c1-13-11-14-7-5-6-10-16(14)21(13)17(23)12-25-18-20-22(19(24)26-18)15-8-3-2-4-9-15/h2-10,13H,11-12H2,1H3/t13-/m0/s1. The Hall–Kier alpha value is -1.96. The Kier molecular flexibility index (Phi) is 4.93. The number of carbonyl (C=O) groups excluding carboxylic acids is 1. The van der Waals surface area contributed by atoms with Crippen molar-refractivity contribution in [3.63, 3.8) is 0 Å². The molecule has 0 spiro atoms. The minimum absolute atomic E-state index is 0.111. The van der Waals surface area contributed by atoms with Crippen LogP contribution in [-0.2, 0) is 11.2 Å². The molecular formula is C19H17N3OS3. The molecule has 7 heteroatoms. The van der Waals surface area contributed by atoms with E-state index in [1.54, 1.807) is 4.68 Å². The summed E-state index contributed by atoms with van der Waals surface area (Å²) in [7, 11) is 0. The highest BCUT2D eigenvalue weighted by molar-refractivity contribution is 8.01. The van der Waals surface area contributed by atoms with Gasteiger partial charge in [0.05, 0.1) is 11.4 Å². The molecule has 3 aromatic rings. The van der Waals surface area contributed by atoms with Gasteiger partial charge in [0, 0.05) is 11.7 Å². The number of para-hydroxylation sites is 2. The molecule has 0 saturated carbocycles. The number of benzene rings is 2. The fraction of sp³-hybridized carbons (Fsp3) is 0.211. The summed E-state index contributed by atoms with van der Waals surface area (Å²) < 4.78 is 3.25. The molecule has 0 saturated heterocycles. The Morgan fingerprint density at radius 1 is 1.23 bits per heavy atom. The maximum atomic E-state index is 12.8. The number of carbonyl (C=O) groups is 1. The van der Waals surface area contributed by atoms with Crippen LogP contribution in [0.3, 0.4) is 0 Å². The Morgan fingerprint density at radius 2 is 1.96 bits per heavy atom. The minimum atomic E-state index is 0.111. The maximum absolute atomic E-state index is 12.8. The molecule has 0 fully saturated rings. The summed E-state index contributed by atoms with van der Waals surface area (Å²) >= 11 is 8.31. The zero-order valence-corrected chi connectivity index (χ0v) is 16.6. The maximum Gasteiger partial charge on any atom is 0.237 e. The molecule has 4 rings (SSSR count). The number of thioether (sulfide) groups is 1. The van der Waals surface area contributed by atoms with E-state index in [-0.39, 0.29) is 11.9 Å². The van der Waals surface area contributed by atoms with Crippen molar-refractivity contribution in [3.8, 4) is 5.69 Å². The van der Waals surface area contributed by atoms with Crippen LogP contribution in [0, 0.1) is 3.95 Å². The van der Waals surface area contributed by atoms with Crippen LogP contribution in [0.2, 0.25) is 0 Å². The number of rotatable bonds is 4. The topological polar surface area (TPSA) is 38.1 Å². The molecule has 1 atom stereocenters. The van der Waals surface area contributed by atoms with Crippen LogP contribution in [0.15, 0.2) is 58.9 Å². The van der Waals surface area contributed by atoms with Crippen LogP contribution in [0.4, 0.5) is 5.69 Å². The SMILES string of the molecule is C[C@H]1Cc2ccccc2N1C(=O)CSc1nn(-c2ccccc2)c(=S)s1. The number of hydrogen-bond acceptors (Lipinski definition) is 5. The van der Waals surface area contributed by atoms with Crippen molar-refractivity contribution >= 4 is 46.9 Å². The summed E-state index contributed by atoms with van der Waals surface area (Å²) in [5.41, 5.74) is 3.21. The molecule has 1 aromatic heterocycles. The largest absolute Gasteiger partial charge is 0.308 e. The normalized spacial score (nSPS) is 15.9. The van der Waals surface area contributed by atoms with Gasteiger partial charge in [0.15, 0.2) is 8.29 Å². The second-order valence-corrected chi connectivity index (χ2v) is 8.96. The van der Waals surface area contributed by atoms with E-state index in [9.17, 15) is 4.79 Å². The van der Waals surface area contributed by atoms with E-state index in [4.69, 9.17) is 12.2 Å². The molecule has 1 aliphatic rings. The Balaban J connectivity index is 1.48. The molecular weight excluding hydrogens is 382 g/mol. The van der Waals surface area contributed by atoms with E-state index < -0.39 is 0 Å². The third-order valence-electron chi connectivity index (χ3n) is 4.33. The Labute approximate surface area is 165 Å². The molecule has 0 N–H and O–H groups in total. The summed E-state index contributed by atoms with van der Waals surface area (Å²) in [4.78, 5) is 14.7. The van der Waals surface area contributed by atoms with Gasteiger partial charge in [0.2, 0.25) is 5.91 Å². The minimum Gasteiger partial charge on any atom is -0.308 e. The first-order valence-corrected chi connectivity index (χ1v) is 10.5. The van der Waals surface area contributed by atoms with Gasteiger partial charge in [-0.05, 0) is 49.3 Å². The van der Waals surface area contributed by atoms with Crippen LogP contribution < -0.4 is 4.90 Å². The van der Waals surface area contributed by atoms with Gasteiger partial charge in [-0.15, -0.1) is 5.10 Å². The molecule has 132 valence electrons. The van der Waals surface area contributed by atoms with Crippen molar-refractivity contribution in [3.05, 3.63) is 64.1 Å². The molecule has 2 aromatic carbocycles. The van der Waals surface area contributed by atoms with Gasteiger partial charge >= 0.3 is 0 Å². The summed E-state index contributed by atoms with van der Waals surface area (Å²) in [5.74, 6) is 0.468. The van der Waals surface area contributed by atoms with Gasteiger partial charge in [0.1, 0.15) is 0 Å². The quantitative estimate of drug-likeness (QED) is 0.469. The highest BCUT2D eigenvalue weighted by Crippen LogP contribution is 2.33. The second-order valence-electron chi connectivity index (χ2n) is 6.12. The van der Waals surface area contributed by atoms with Crippen LogP contribution in [-0.4, -0.2) is 27.5 Å². The van der Waals surface area contributed by atoms with Crippen molar-refractivity contribution in [2.45, 2.75) is 23.7 Å². The number of anilines is 1. The van der Waals surface area contributed by atoms with E-state index in [0.717, 1.165) is 22.1 Å². The van der Waals surface area contributed by atoms with Gasteiger partial charge in [-0.1, -0.05) is 59.5 Å². The molecule has 0 aliphatic carbocycles. The van der Waals surface area contributed by atoms with Gasteiger partial charge in [0.25, 0.3) is 0 Å². The fourth-order valence-electron chi connectivity index (χ4n) is 3.19. The number of amides is 1. The van der Waals surface area contributed by atoms with Crippen LogP contribution >= 0.6 is 35.3 Å². The van der Waals surface area contributed by atoms with E-state index in [1.807, 2.05) is 53.4 Å². The lowest BCUT2D eigenvalue weighted by Gasteiger charge is -2.22. The molecule has 0 unspecified atom stereocenters. The number of nitrogens with zero attached hydrogens (tertiary/aromatic N) is 3. The van der Waals surface area contributed by atoms with E-state index >= 15 is 0 Å². The number of fused-ring (bicyclic) bond motifs is 1. The van der Waals surface area contributed by atoms with E-state index in [2.05, 4.69) is 18.1 Å². The molecule has 4 nitrogen and oxygen atoms in total. The Bertz CT molecular complexity index is 997. The highest BCUT2D eigenvalue weighted by atomic mass is 32.2. The third-order valence-corrected chi connectivity index (χ3v) is 6.68. The summed E-state index contributed by atoms with van der Waals surface area (Å²) in [6.45, 7) is 2.09. The van der Waals surface area contributed by atoms with Crippen LogP contribution in [0.25, 0.3) is 5.69 Å². The van der Waals surface area contributed by atoms with Crippen LogP contribution in [0.1, 0.15) is 12.5 Å². The summed E-state index contributed by atoms with van der Waals surface area (Å²) in [6, 6.07) is 18.1. The molecule has 26 heavy (non-hydrogen) atoms. The van der Waals surface area contributed by atoms with E-state index in [1.165, 1.54) is 28.7 Å². The van der Waals surface area contributed by atoms with Crippen molar-refractivity contribution in [2.24, 2.45) is 0 Å². The van der Waals surface area contributed by atoms with E-state index in [0.29, 0.717) is 9.71 Å². The predicted octanol–water partition coefficient (Wildman–Crippen LogP) is 4.73. The first kappa shape index (κ1) is 17.5. The lowest BCUT2D eigenvalue weighted by molar-refractivity contribution is -0.116. The average molecular weight is 400 g/mol. The van der Waals surface area contributed by atoms with Crippen molar-refractivity contribution in [1.29, 1.82) is 0 Å². The van der Waals surface area contributed by atoms with Gasteiger partial charge in [-0.25, -0.2) is 4.68 Å². The zero-order valence-electron chi connectivity index (χ0n) is 14.2. The number of hydrogen-bond donors (Lipinski definition) is 0. The van der Waals surface area contributed by atoms with Gasteiger partial charge in [-0.2, -0.15) is 0 Å². The monoisotopic (exact) mass is 399 g/mol. The van der Waals surface area contributed by atoms with Crippen molar-refractivity contribution in [2.75, 3.05) is 10.7 Å². The Morgan fingerprint density at radius 3 is 2.77 bits per heavy atom. The molecule has 0 radical (unpaired) electrons. The molecule has 1 amide bonds. The molecule has 1 aliphatic heterocycles. The average Bonchev–Trinajstić information content (AvgIpc) is 3.19. The fourth-order valence-corrected chi connectivity index (χ4v) is 5.41. The lowest BCUT2D eigenvalue weighted by Crippen LogP contribution is -2.36. The van der Waals surface area contributed by atoms with Crippen molar-refractivity contribution in [1.82, 2.24) is 9.78 Å². The van der Waals surface area contributed by atoms with Gasteiger partial charge in [-0.3, -0.25) is 4.79 Å². The molecule has 0 bridgehead atoms. The highest BCUT2D eigenvalue weighted by Gasteiger charge is 2.30. The molecule has 2 heterocycles. The third kappa shape index (κ3) is 3.34. The van der Waals surface area contributed by atoms with Crippen LogP contribution in [0.5, 0.6) is 0 Å². The number of aromatic nitrogens is 2. The smallest absolute Gasteiger partial charge is 0.237 e. The predicted molar refractivity (Wildman–Crippen MR) is 110 cm³/mol. The first-order chi connectivity index (χ1) is 12.6. The first-order valence-electron chi connectivity index (χ1n) is 8.32. The summed E-state index contributed by atoms with van der Waals surface area (Å²) in [5, 5.41) is 4.57. The summed E-state index contributed by atoms with van der Waals surface area (Å²) in [6.07, 6.45) is 0.911. The second kappa shape index (κ2) is 7.34. The van der Waals surface area contributed by atoms with Crippen molar-refractivity contribution < 1.29 is 4.79 Å². The zero-order chi connectivity index (χ0) is 18.1. The lowest BCUT2D eigenvalue weighted by atomic mass is 10.1. The van der Waals surface area contributed by atoms with Gasteiger partial charge < -0.3 is 4.90 Å².